The minimum Gasteiger partial charge on any atom is -0.444 e. The van der Waals surface area contributed by atoms with Crippen LogP contribution < -0.4 is 10.9 Å². The molecule has 1 aromatic rings. The van der Waals surface area contributed by atoms with Gasteiger partial charge in [-0.2, -0.15) is 4.39 Å². The molecule has 1 aromatic heterocycles. The lowest BCUT2D eigenvalue weighted by atomic mass is 10.2. The van der Waals surface area contributed by atoms with Gasteiger partial charge in [0.1, 0.15) is 11.4 Å². The molecule has 0 aromatic carbocycles. The van der Waals surface area contributed by atoms with Crippen LogP contribution in [-0.4, -0.2) is 21.7 Å². The minimum atomic E-state index is -0.967. The molecule has 1 heterocycles. The van der Waals surface area contributed by atoms with Crippen molar-refractivity contribution in [2.24, 2.45) is 0 Å². The summed E-state index contributed by atoms with van der Waals surface area (Å²) in [5.74, 6) is -0.812. The molecule has 94 valence electrons. The number of rotatable bonds is 2. The molecule has 0 spiro atoms. The second-order valence-corrected chi connectivity index (χ2v) is 4.36. The van der Waals surface area contributed by atoms with Crippen LogP contribution in [0.3, 0.4) is 0 Å². The molecule has 0 aliphatic carbocycles. The van der Waals surface area contributed by atoms with E-state index in [1.54, 1.807) is 20.8 Å². The van der Waals surface area contributed by atoms with Crippen molar-refractivity contribution in [3.8, 4) is 0 Å². The first-order valence-corrected chi connectivity index (χ1v) is 4.98. The van der Waals surface area contributed by atoms with Crippen LogP contribution >= 0.6 is 0 Å². The highest BCUT2D eigenvalue weighted by molar-refractivity contribution is 5.67. The number of hydrogen-bond donors (Lipinski definition) is 2. The standard InChI is InChI=1S/C10H14FN3O3/c1-10(2,3)17-9(16)13-5-7-12-4-6(11)8(15)14-7/h4H,5H2,1-3H3,(H,13,16)(H,12,14,15). The number of carbonyl (C=O) groups excluding carboxylic acids is 1. The molecule has 1 amide bonds. The van der Waals surface area contributed by atoms with Gasteiger partial charge in [-0.15, -0.1) is 0 Å². The molecule has 0 fully saturated rings. The zero-order chi connectivity index (χ0) is 13.1. The smallest absolute Gasteiger partial charge is 0.408 e. The lowest BCUT2D eigenvalue weighted by Gasteiger charge is -2.19. The first-order chi connectivity index (χ1) is 7.78. The van der Waals surface area contributed by atoms with Gasteiger partial charge in [-0.25, -0.2) is 9.78 Å². The first kappa shape index (κ1) is 13.1. The summed E-state index contributed by atoms with van der Waals surface area (Å²) in [6.07, 6.45) is 0.162. The molecule has 0 unspecified atom stereocenters. The minimum absolute atomic E-state index is 0.0373. The average molecular weight is 243 g/mol. The Labute approximate surface area is 97.2 Å². The average Bonchev–Trinajstić information content (AvgIpc) is 2.17. The van der Waals surface area contributed by atoms with Crippen molar-refractivity contribution in [3.63, 3.8) is 0 Å². The number of nitrogens with zero attached hydrogens (tertiary/aromatic N) is 1. The highest BCUT2D eigenvalue weighted by Gasteiger charge is 2.15. The summed E-state index contributed by atoms with van der Waals surface area (Å²) in [5.41, 5.74) is -1.48. The van der Waals surface area contributed by atoms with Gasteiger partial charge >= 0.3 is 6.09 Å². The first-order valence-electron chi connectivity index (χ1n) is 4.98. The summed E-state index contributed by atoms with van der Waals surface area (Å²) in [7, 11) is 0. The van der Waals surface area contributed by atoms with Crippen molar-refractivity contribution in [2.45, 2.75) is 32.9 Å². The summed E-state index contributed by atoms with van der Waals surface area (Å²) in [6.45, 7) is 5.14. The topological polar surface area (TPSA) is 84.1 Å². The fourth-order valence-electron chi connectivity index (χ4n) is 0.976. The molecular formula is C10H14FN3O3. The molecule has 1 rings (SSSR count). The predicted molar refractivity (Wildman–Crippen MR) is 57.9 cm³/mol. The number of amides is 1. The van der Waals surface area contributed by atoms with Crippen LogP contribution in [0.5, 0.6) is 0 Å². The Kier molecular flexibility index (Phi) is 3.82. The van der Waals surface area contributed by atoms with Gasteiger partial charge in [0.2, 0.25) is 5.82 Å². The van der Waals surface area contributed by atoms with Crippen LogP contribution in [-0.2, 0) is 11.3 Å². The normalized spacial score (nSPS) is 11.1. The Hall–Kier alpha value is -1.92. The van der Waals surface area contributed by atoms with Crippen molar-refractivity contribution in [2.75, 3.05) is 0 Å². The second kappa shape index (κ2) is 4.94. The van der Waals surface area contributed by atoms with Crippen LogP contribution in [0.25, 0.3) is 0 Å². The Morgan fingerprint density at radius 2 is 2.24 bits per heavy atom. The molecule has 0 saturated carbocycles. The number of H-pyrrole nitrogens is 1. The van der Waals surface area contributed by atoms with Gasteiger partial charge in [0.05, 0.1) is 12.7 Å². The van der Waals surface area contributed by atoms with Crippen molar-refractivity contribution >= 4 is 6.09 Å². The van der Waals surface area contributed by atoms with Crippen molar-refractivity contribution in [1.82, 2.24) is 15.3 Å². The lowest BCUT2D eigenvalue weighted by molar-refractivity contribution is 0.0522. The van der Waals surface area contributed by atoms with E-state index in [1.807, 2.05) is 0 Å². The summed E-state index contributed by atoms with van der Waals surface area (Å²) < 4.78 is 17.6. The van der Waals surface area contributed by atoms with Gasteiger partial charge in [0, 0.05) is 0 Å². The van der Waals surface area contributed by atoms with Crippen molar-refractivity contribution < 1.29 is 13.9 Å². The van der Waals surface area contributed by atoms with E-state index in [-0.39, 0.29) is 12.4 Å². The molecule has 0 atom stereocenters. The SMILES string of the molecule is CC(C)(C)OC(=O)NCc1ncc(F)c(=O)[nH]1. The van der Waals surface area contributed by atoms with Gasteiger partial charge in [0.15, 0.2) is 0 Å². The quantitative estimate of drug-likeness (QED) is 0.809. The Morgan fingerprint density at radius 1 is 1.59 bits per heavy atom. The Morgan fingerprint density at radius 3 is 2.76 bits per heavy atom. The van der Waals surface area contributed by atoms with Crippen LogP contribution in [0.15, 0.2) is 11.0 Å². The van der Waals surface area contributed by atoms with Gasteiger partial charge in [0.25, 0.3) is 5.56 Å². The van der Waals surface area contributed by atoms with Crippen LogP contribution in [0.4, 0.5) is 9.18 Å². The van der Waals surface area contributed by atoms with E-state index in [9.17, 15) is 14.0 Å². The summed E-state index contributed by atoms with van der Waals surface area (Å²) in [5, 5.41) is 2.39. The van der Waals surface area contributed by atoms with Gasteiger partial charge < -0.3 is 15.0 Å². The molecule has 0 radical (unpaired) electrons. The third-order valence-electron chi connectivity index (χ3n) is 1.61. The zero-order valence-electron chi connectivity index (χ0n) is 9.83. The lowest BCUT2D eigenvalue weighted by Crippen LogP contribution is -2.33. The molecule has 0 bridgehead atoms. The van der Waals surface area contributed by atoms with Gasteiger partial charge in [-0.05, 0) is 20.8 Å². The molecule has 0 aliphatic heterocycles. The summed E-state index contributed by atoms with van der Waals surface area (Å²) in [4.78, 5) is 27.9. The van der Waals surface area contributed by atoms with E-state index < -0.39 is 23.1 Å². The highest BCUT2D eigenvalue weighted by Crippen LogP contribution is 2.06. The van der Waals surface area contributed by atoms with Crippen LogP contribution in [0, 0.1) is 5.82 Å². The van der Waals surface area contributed by atoms with E-state index in [2.05, 4.69) is 15.3 Å². The molecule has 2 N–H and O–H groups in total. The summed E-state index contributed by atoms with van der Waals surface area (Å²) in [6, 6.07) is 0. The largest absolute Gasteiger partial charge is 0.444 e. The molecule has 0 aliphatic rings. The van der Waals surface area contributed by atoms with E-state index in [1.165, 1.54) is 0 Å². The fourth-order valence-corrected chi connectivity index (χ4v) is 0.976. The molecule has 7 heteroatoms. The van der Waals surface area contributed by atoms with E-state index >= 15 is 0 Å². The zero-order valence-corrected chi connectivity index (χ0v) is 9.83. The monoisotopic (exact) mass is 243 g/mol. The number of carbonyl (C=O) groups is 1. The van der Waals surface area contributed by atoms with Gasteiger partial charge in [-0.3, -0.25) is 4.79 Å². The second-order valence-electron chi connectivity index (χ2n) is 4.36. The van der Waals surface area contributed by atoms with E-state index in [0.29, 0.717) is 0 Å². The van der Waals surface area contributed by atoms with Gasteiger partial charge in [-0.1, -0.05) is 0 Å². The number of hydrogen-bond acceptors (Lipinski definition) is 4. The maximum absolute atomic E-state index is 12.6. The molecule has 17 heavy (non-hydrogen) atoms. The number of aromatic nitrogens is 2. The fraction of sp³-hybridized carbons (Fsp3) is 0.500. The maximum atomic E-state index is 12.6. The number of halogens is 1. The number of aromatic amines is 1. The van der Waals surface area contributed by atoms with Crippen molar-refractivity contribution in [1.29, 1.82) is 0 Å². The number of nitrogens with one attached hydrogen (secondary N) is 2. The maximum Gasteiger partial charge on any atom is 0.408 e. The molecular weight excluding hydrogens is 229 g/mol. The number of ether oxygens (including phenoxy) is 1. The third-order valence-corrected chi connectivity index (χ3v) is 1.61. The van der Waals surface area contributed by atoms with E-state index in [4.69, 9.17) is 4.74 Å². The predicted octanol–water partition coefficient (Wildman–Crippen LogP) is 0.934. The molecule has 6 nitrogen and oxygen atoms in total. The van der Waals surface area contributed by atoms with E-state index in [0.717, 1.165) is 6.20 Å². The van der Waals surface area contributed by atoms with Crippen LogP contribution in [0.2, 0.25) is 0 Å². The summed E-state index contributed by atoms with van der Waals surface area (Å²) >= 11 is 0. The molecule has 0 saturated heterocycles. The third kappa shape index (κ3) is 4.62. The Balaban J connectivity index is 2.53. The number of alkyl carbamates (subject to hydrolysis) is 1. The highest BCUT2D eigenvalue weighted by atomic mass is 19.1. The Bertz CT molecular complexity index is 465. The van der Waals surface area contributed by atoms with Crippen molar-refractivity contribution in [3.05, 3.63) is 28.2 Å². The van der Waals surface area contributed by atoms with Crippen LogP contribution in [0.1, 0.15) is 26.6 Å².